The predicted molar refractivity (Wildman–Crippen MR) is 139 cm³/mol. The fourth-order valence-electron chi connectivity index (χ4n) is 3.37. The molecule has 0 atom stereocenters. The van der Waals surface area contributed by atoms with Crippen molar-refractivity contribution in [2.24, 2.45) is 0 Å². The number of nitrogens with one attached hydrogen (secondary N) is 1. The lowest BCUT2D eigenvalue weighted by Gasteiger charge is -2.19. The van der Waals surface area contributed by atoms with E-state index in [4.69, 9.17) is 0 Å². The number of carbonyl (C=O) groups is 1. The number of thioether (sulfide) groups is 1. The molecule has 0 bridgehead atoms. The van der Waals surface area contributed by atoms with Gasteiger partial charge >= 0.3 is 0 Å². The van der Waals surface area contributed by atoms with Crippen molar-refractivity contribution in [3.05, 3.63) is 88.9 Å². The Morgan fingerprint density at radius 1 is 0.970 bits per heavy atom. The van der Waals surface area contributed by atoms with Crippen molar-refractivity contribution >= 4 is 39.3 Å². The minimum absolute atomic E-state index is 0.0777. The van der Waals surface area contributed by atoms with Gasteiger partial charge in [0.15, 0.2) is 11.0 Å². The molecule has 0 fully saturated rings. The first-order valence-electron chi connectivity index (χ1n) is 10.6. The lowest BCUT2D eigenvalue weighted by Crippen LogP contribution is -2.14. The topological polar surface area (TPSA) is 59.8 Å². The highest BCUT2D eigenvalue weighted by Crippen LogP contribution is 2.30. The smallest absolute Gasteiger partial charge is 0.234 e. The lowest BCUT2D eigenvalue weighted by atomic mass is 9.87. The number of hydrogen-bond donors (Lipinski definition) is 1. The Balaban J connectivity index is 1.60. The zero-order chi connectivity index (χ0) is 23.4. The third kappa shape index (κ3) is 5.72. The highest BCUT2D eigenvalue weighted by molar-refractivity contribution is 9.10. The van der Waals surface area contributed by atoms with Crippen molar-refractivity contribution in [3.63, 3.8) is 0 Å². The molecule has 1 aromatic heterocycles. The molecular weight excluding hydrogens is 496 g/mol. The van der Waals surface area contributed by atoms with Crippen molar-refractivity contribution in [3.8, 4) is 17.1 Å². The van der Waals surface area contributed by atoms with E-state index in [1.165, 1.54) is 17.3 Å². The summed E-state index contributed by atoms with van der Waals surface area (Å²) in [6.07, 6.45) is 0. The molecule has 1 amide bonds. The van der Waals surface area contributed by atoms with Crippen LogP contribution in [-0.2, 0) is 10.2 Å². The largest absolute Gasteiger partial charge is 0.325 e. The van der Waals surface area contributed by atoms with E-state index >= 15 is 0 Å². The highest BCUT2D eigenvalue weighted by atomic mass is 79.9. The molecule has 0 saturated heterocycles. The van der Waals surface area contributed by atoms with Gasteiger partial charge in [-0.05, 0) is 41.3 Å². The molecule has 4 rings (SSSR count). The number of para-hydroxylation sites is 1. The van der Waals surface area contributed by atoms with Crippen LogP contribution in [0.15, 0.2) is 88.5 Å². The van der Waals surface area contributed by atoms with Gasteiger partial charge in [-0.2, -0.15) is 0 Å². The van der Waals surface area contributed by atoms with Gasteiger partial charge in [0, 0.05) is 21.4 Å². The van der Waals surface area contributed by atoms with Crippen molar-refractivity contribution in [2.45, 2.75) is 31.3 Å². The number of halogens is 1. The molecule has 0 unspecified atom stereocenters. The van der Waals surface area contributed by atoms with Gasteiger partial charge in [-0.15, -0.1) is 10.2 Å². The van der Waals surface area contributed by atoms with Crippen LogP contribution in [0.2, 0.25) is 0 Å². The minimum Gasteiger partial charge on any atom is -0.325 e. The molecule has 0 aliphatic carbocycles. The van der Waals surface area contributed by atoms with Crippen molar-refractivity contribution in [2.75, 3.05) is 11.1 Å². The summed E-state index contributed by atoms with van der Waals surface area (Å²) in [7, 11) is 0. The molecule has 0 saturated carbocycles. The first-order chi connectivity index (χ1) is 15.8. The monoisotopic (exact) mass is 520 g/mol. The SMILES string of the molecule is CC(C)(C)c1ccc(-c2nnc(SCC(=O)Nc3cccc(Br)c3)n2-c2ccccc2)cc1. The second kappa shape index (κ2) is 9.93. The summed E-state index contributed by atoms with van der Waals surface area (Å²) in [5.74, 6) is 0.869. The second-order valence-corrected chi connectivity index (χ2v) is 10.5. The molecule has 0 aliphatic heterocycles. The van der Waals surface area contributed by atoms with Crippen molar-refractivity contribution in [1.82, 2.24) is 14.8 Å². The van der Waals surface area contributed by atoms with Gasteiger partial charge in [-0.1, -0.05) is 97.0 Å². The maximum atomic E-state index is 12.5. The number of hydrogen-bond acceptors (Lipinski definition) is 4. The van der Waals surface area contributed by atoms with Crippen LogP contribution in [0.1, 0.15) is 26.3 Å². The fraction of sp³-hybridized carbons (Fsp3) is 0.192. The van der Waals surface area contributed by atoms with Crippen LogP contribution < -0.4 is 5.32 Å². The number of carbonyl (C=O) groups excluding carboxylic acids is 1. The average Bonchev–Trinajstić information content (AvgIpc) is 3.22. The minimum atomic E-state index is -0.100. The summed E-state index contributed by atoms with van der Waals surface area (Å²) < 4.78 is 2.92. The van der Waals surface area contributed by atoms with Crippen LogP contribution in [0.25, 0.3) is 17.1 Å². The average molecular weight is 521 g/mol. The molecule has 5 nitrogen and oxygen atoms in total. The zero-order valence-electron chi connectivity index (χ0n) is 18.7. The van der Waals surface area contributed by atoms with Gasteiger partial charge in [0.05, 0.1) is 5.75 Å². The van der Waals surface area contributed by atoms with Gasteiger partial charge in [0.25, 0.3) is 0 Å². The maximum absolute atomic E-state index is 12.5. The summed E-state index contributed by atoms with van der Waals surface area (Å²) in [5, 5.41) is 12.5. The molecule has 33 heavy (non-hydrogen) atoms. The number of rotatable bonds is 6. The highest BCUT2D eigenvalue weighted by Gasteiger charge is 2.19. The Bertz CT molecular complexity index is 1250. The molecule has 1 N–H and O–H groups in total. The van der Waals surface area contributed by atoms with Gasteiger partial charge in [-0.25, -0.2) is 0 Å². The van der Waals surface area contributed by atoms with E-state index in [1.54, 1.807) is 0 Å². The van der Waals surface area contributed by atoms with Crippen LogP contribution in [0.4, 0.5) is 5.69 Å². The van der Waals surface area contributed by atoms with Crippen molar-refractivity contribution < 1.29 is 4.79 Å². The quantitative estimate of drug-likeness (QED) is 0.286. The Labute approximate surface area is 206 Å². The van der Waals surface area contributed by atoms with Crippen LogP contribution in [-0.4, -0.2) is 26.4 Å². The van der Waals surface area contributed by atoms with E-state index in [9.17, 15) is 4.79 Å². The number of anilines is 1. The third-order valence-corrected chi connectivity index (χ3v) is 6.52. The Morgan fingerprint density at radius 3 is 2.36 bits per heavy atom. The Morgan fingerprint density at radius 2 is 1.70 bits per heavy atom. The first kappa shape index (κ1) is 23.3. The molecule has 0 aliphatic rings. The van der Waals surface area contributed by atoms with Gasteiger partial charge < -0.3 is 5.32 Å². The molecule has 168 valence electrons. The number of nitrogens with zero attached hydrogens (tertiary/aromatic N) is 3. The van der Waals surface area contributed by atoms with E-state index in [0.717, 1.165) is 27.2 Å². The van der Waals surface area contributed by atoms with Gasteiger partial charge in [0.2, 0.25) is 5.91 Å². The van der Waals surface area contributed by atoms with E-state index < -0.39 is 0 Å². The molecule has 4 aromatic rings. The molecule has 7 heteroatoms. The standard InChI is InChI=1S/C26H25BrN4OS/c1-26(2,3)19-14-12-18(13-15-19)24-29-30-25(31(24)22-10-5-4-6-11-22)33-17-23(32)28-21-9-7-8-20(27)16-21/h4-16H,17H2,1-3H3,(H,28,32). The molecule has 0 radical (unpaired) electrons. The summed E-state index contributed by atoms with van der Waals surface area (Å²) in [6, 6.07) is 25.9. The Hall–Kier alpha value is -2.90. The zero-order valence-corrected chi connectivity index (χ0v) is 21.2. The predicted octanol–water partition coefficient (Wildman–Crippen LogP) is 6.73. The van der Waals surface area contributed by atoms with E-state index in [0.29, 0.717) is 5.16 Å². The summed E-state index contributed by atoms with van der Waals surface area (Å²) >= 11 is 4.79. The number of benzene rings is 3. The summed E-state index contributed by atoms with van der Waals surface area (Å²) in [6.45, 7) is 6.59. The summed E-state index contributed by atoms with van der Waals surface area (Å²) in [5.41, 5.74) is 4.01. The van der Waals surface area contributed by atoms with Crippen LogP contribution in [0, 0.1) is 0 Å². The maximum Gasteiger partial charge on any atom is 0.234 e. The van der Waals surface area contributed by atoms with Crippen LogP contribution >= 0.6 is 27.7 Å². The van der Waals surface area contributed by atoms with E-state index in [1.807, 2.05) is 59.2 Å². The summed E-state index contributed by atoms with van der Waals surface area (Å²) in [4.78, 5) is 12.5. The number of amides is 1. The fourth-order valence-corrected chi connectivity index (χ4v) is 4.52. The van der Waals surface area contributed by atoms with Crippen LogP contribution in [0.5, 0.6) is 0 Å². The first-order valence-corrected chi connectivity index (χ1v) is 12.4. The second-order valence-electron chi connectivity index (χ2n) is 8.65. The van der Waals surface area contributed by atoms with Crippen LogP contribution in [0.3, 0.4) is 0 Å². The molecule has 3 aromatic carbocycles. The van der Waals surface area contributed by atoms with Gasteiger partial charge in [0.1, 0.15) is 0 Å². The lowest BCUT2D eigenvalue weighted by molar-refractivity contribution is -0.113. The Kier molecular flexibility index (Phi) is 7.00. The van der Waals surface area contributed by atoms with E-state index in [-0.39, 0.29) is 17.1 Å². The van der Waals surface area contributed by atoms with Crippen molar-refractivity contribution in [1.29, 1.82) is 0 Å². The third-order valence-electron chi connectivity index (χ3n) is 5.10. The normalized spacial score (nSPS) is 11.4. The molecule has 1 heterocycles. The molecule has 0 spiro atoms. The molecular formula is C26H25BrN4OS. The van der Waals surface area contributed by atoms with E-state index in [2.05, 4.69) is 76.5 Å². The number of aromatic nitrogens is 3. The van der Waals surface area contributed by atoms with Gasteiger partial charge in [-0.3, -0.25) is 9.36 Å².